The van der Waals surface area contributed by atoms with Gasteiger partial charge in [0.05, 0.1) is 27.9 Å². The first-order valence-electron chi connectivity index (χ1n) is 6.31. The third kappa shape index (κ3) is 4.19. The van der Waals surface area contributed by atoms with Crippen LogP contribution in [0, 0.1) is 0 Å². The van der Waals surface area contributed by atoms with Gasteiger partial charge in [-0.3, -0.25) is 0 Å². The van der Waals surface area contributed by atoms with Crippen molar-refractivity contribution in [3.05, 3.63) is 23.8 Å². The van der Waals surface area contributed by atoms with Crippen molar-refractivity contribution in [1.82, 2.24) is 0 Å². The number of rotatable bonds is 7. The standard InChI is InChI=1S/C15H20O5/c1-5-8-20-14(16)7-6-11-9-12(17-2)10-13(18-3)15(11)19-4/h6-7,9-10H,5,8H2,1-4H3. The second-order valence-corrected chi connectivity index (χ2v) is 3.95. The molecule has 0 radical (unpaired) electrons. The molecule has 0 amide bonds. The summed E-state index contributed by atoms with van der Waals surface area (Å²) in [7, 11) is 4.64. The van der Waals surface area contributed by atoms with Crippen LogP contribution in [0.25, 0.3) is 6.08 Å². The van der Waals surface area contributed by atoms with Crippen LogP contribution < -0.4 is 14.2 Å². The Morgan fingerprint density at radius 2 is 1.90 bits per heavy atom. The Hall–Kier alpha value is -2.17. The summed E-state index contributed by atoms with van der Waals surface area (Å²) >= 11 is 0. The van der Waals surface area contributed by atoms with Crippen molar-refractivity contribution in [3.63, 3.8) is 0 Å². The number of carbonyl (C=O) groups excluding carboxylic acids is 1. The van der Waals surface area contributed by atoms with E-state index in [1.165, 1.54) is 13.2 Å². The molecule has 0 aliphatic rings. The molecule has 0 fully saturated rings. The maximum atomic E-state index is 11.5. The maximum Gasteiger partial charge on any atom is 0.330 e. The van der Waals surface area contributed by atoms with Crippen molar-refractivity contribution in [2.45, 2.75) is 13.3 Å². The van der Waals surface area contributed by atoms with Crippen LogP contribution in [0.2, 0.25) is 0 Å². The minimum absolute atomic E-state index is 0.393. The minimum atomic E-state index is -0.393. The fraction of sp³-hybridized carbons (Fsp3) is 0.400. The fourth-order valence-corrected chi connectivity index (χ4v) is 1.62. The highest BCUT2D eigenvalue weighted by Gasteiger charge is 2.11. The van der Waals surface area contributed by atoms with E-state index in [9.17, 15) is 4.79 Å². The van der Waals surface area contributed by atoms with Gasteiger partial charge in [-0.1, -0.05) is 6.92 Å². The molecular formula is C15H20O5. The van der Waals surface area contributed by atoms with Gasteiger partial charge >= 0.3 is 5.97 Å². The van der Waals surface area contributed by atoms with Gasteiger partial charge in [0.15, 0.2) is 11.5 Å². The zero-order valence-electron chi connectivity index (χ0n) is 12.3. The number of methoxy groups -OCH3 is 3. The molecule has 0 spiro atoms. The molecule has 20 heavy (non-hydrogen) atoms. The lowest BCUT2D eigenvalue weighted by Gasteiger charge is -2.12. The Labute approximate surface area is 119 Å². The van der Waals surface area contributed by atoms with E-state index >= 15 is 0 Å². The highest BCUT2D eigenvalue weighted by molar-refractivity contribution is 5.88. The van der Waals surface area contributed by atoms with Crippen LogP contribution >= 0.6 is 0 Å². The highest BCUT2D eigenvalue weighted by Crippen LogP contribution is 2.36. The van der Waals surface area contributed by atoms with E-state index in [1.54, 1.807) is 32.4 Å². The Bertz CT molecular complexity index is 479. The molecule has 0 heterocycles. The average molecular weight is 280 g/mol. The molecule has 1 aromatic carbocycles. The lowest BCUT2D eigenvalue weighted by atomic mass is 10.1. The van der Waals surface area contributed by atoms with Gasteiger partial charge in [0.1, 0.15) is 5.75 Å². The van der Waals surface area contributed by atoms with Crippen molar-refractivity contribution in [2.75, 3.05) is 27.9 Å². The van der Waals surface area contributed by atoms with Crippen molar-refractivity contribution >= 4 is 12.0 Å². The second-order valence-electron chi connectivity index (χ2n) is 3.95. The number of ether oxygens (including phenoxy) is 4. The van der Waals surface area contributed by atoms with E-state index in [0.29, 0.717) is 29.4 Å². The minimum Gasteiger partial charge on any atom is -0.497 e. The Morgan fingerprint density at radius 3 is 2.45 bits per heavy atom. The van der Waals surface area contributed by atoms with Crippen LogP contribution in [0.5, 0.6) is 17.2 Å². The van der Waals surface area contributed by atoms with E-state index in [-0.39, 0.29) is 0 Å². The predicted molar refractivity (Wildman–Crippen MR) is 76.4 cm³/mol. The molecule has 0 atom stereocenters. The topological polar surface area (TPSA) is 54.0 Å². The van der Waals surface area contributed by atoms with Crippen molar-refractivity contribution in [2.24, 2.45) is 0 Å². The largest absolute Gasteiger partial charge is 0.497 e. The number of hydrogen-bond donors (Lipinski definition) is 0. The Balaban J connectivity index is 3.03. The Kier molecular flexibility index (Phi) is 6.43. The van der Waals surface area contributed by atoms with Gasteiger partial charge in [0, 0.05) is 17.7 Å². The molecule has 0 saturated heterocycles. The van der Waals surface area contributed by atoms with Gasteiger partial charge in [-0.2, -0.15) is 0 Å². The van der Waals surface area contributed by atoms with Crippen LogP contribution in [-0.4, -0.2) is 33.9 Å². The molecule has 5 heteroatoms. The molecule has 5 nitrogen and oxygen atoms in total. The van der Waals surface area contributed by atoms with E-state index in [4.69, 9.17) is 18.9 Å². The molecule has 0 unspecified atom stereocenters. The fourth-order valence-electron chi connectivity index (χ4n) is 1.62. The van der Waals surface area contributed by atoms with Crippen LogP contribution in [-0.2, 0) is 9.53 Å². The zero-order valence-corrected chi connectivity index (χ0v) is 12.3. The summed E-state index contributed by atoms with van der Waals surface area (Å²) in [5.74, 6) is 1.29. The van der Waals surface area contributed by atoms with Crippen LogP contribution in [0.1, 0.15) is 18.9 Å². The van der Waals surface area contributed by atoms with Gasteiger partial charge in [0.25, 0.3) is 0 Å². The first-order chi connectivity index (χ1) is 9.65. The van der Waals surface area contributed by atoms with Gasteiger partial charge in [-0.15, -0.1) is 0 Å². The molecule has 0 saturated carbocycles. The van der Waals surface area contributed by atoms with Gasteiger partial charge < -0.3 is 18.9 Å². The summed E-state index contributed by atoms with van der Waals surface area (Å²) < 4.78 is 20.7. The van der Waals surface area contributed by atoms with Crippen LogP contribution in [0.15, 0.2) is 18.2 Å². The molecule has 0 aromatic heterocycles. The number of carbonyl (C=O) groups is 1. The molecular weight excluding hydrogens is 260 g/mol. The molecule has 110 valence electrons. The first-order valence-corrected chi connectivity index (χ1v) is 6.31. The van der Waals surface area contributed by atoms with Crippen molar-refractivity contribution in [3.8, 4) is 17.2 Å². The average Bonchev–Trinajstić information content (AvgIpc) is 2.49. The van der Waals surface area contributed by atoms with Crippen LogP contribution in [0.3, 0.4) is 0 Å². The van der Waals surface area contributed by atoms with Crippen LogP contribution in [0.4, 0.5) is 0 Å². The Morgan fingerprint density at radius 1 is 1.15 bits per heavy atom. The SMILES string of the molecule is CCCOC(=O)C=Cc1cc(OC)cc(OC)c1OC. The van der Waals surface area contributed by atoms with Crippen molar-refractivity contribution < 1.29 is 23.7 Å². The molecule has 0 N–H and O–H groups in total. The summed E-state index contributed by atoms with van der Waals surface area (Å²) in [5, 5.41) is 0. The number of hydrogen-bond acceptors (Lipinski definition) is 5. The molecule has 1 aromatic rings. The van der Waals surface area contributed by atoms with E-state index in [0.717, 1.165) is 6.42 Å². The third-order valence-corrected chi connectivity index (χ3v) is 2.56. The third-order valence-electron chi connectivity index (χ3n) is 2.56. The summed E-state index contributed by atoms with van der Waals surface area (Å²) in [6.45, 7) is 2.34. The van der Waals surface area contributed by atoms with E-state index < -0.39 is 5.97 Å². The van der Waals surface area contributed by atoms with Gasteiger partial charge in [-0.05, 0) is 18.6 Å². The summed E-state index contributed by atoms with van der Waals surface area (Å²) in [6, 6.07) is 3.47. The predicted octanol–water partition coefficient (Wildman–Crippen LogP) is 2.68. The molecule has 0 aliphatic carbocycles. The summed E-state index contributed by atoms with van der Waals surface area (Å²) in [4.78, 5) is 11.5. The van der Waals surface area contributed by atoms with E-state index in [2.05, 4.69) is 0 Å². The highest BCUT2D eigenvalue weighted by atomic mass is 16.5. The van der Waals surface area contributed by atoms with Gasteiger partial charge in [-0.25, -0.2) is 4.79 Å². The van der Waals surface area contributed by atoms with Gasteiger partial charge in [0.2, 0.25) is 0 Å². The quantitative estimate of drug-likeness (QED) is 0.568. The lowest BCUT2D eigenvalue weighted by molar-refractivity contribution is -0.137. The normalized spacial score (nSPS) is 10.4. The monoisotopic (exact) mass is 280 g/mol. The second kappa shape index (κ2) is 8.09. The smallest absolute Gasteiger partial charge is 0.330 e. The molecule has 1 rings (SSSR count). The summed E-state index contributed by atoms with van der Waals surface area (Å²) in [6.07, 6.45) is 3.75. The lowest BCUT2D eigenvalue weighted by Crippen LogP contribution is -2.01. The van der Waals surface area contributed by atoms with E-state index in [1.807, 2.05) is 6.92 Å². The number of benzene rings is 1. The van der Waals surface area contributed by atoms with Crippen molar-refractivity contribution in [1.29, 1.82) is 0 Å². The maximum absolute atomic E-state index is 11.5. The number of esters is 1. The summed E-state index contributed by atoms with van der Waals surface area (Å²) in [5.41, 5.74) is 0.678. The molecule has 0 aliphatic heterocycles. The first kappa shape index (κ1) is 15.9. The molecule has 0 bridgehead atoms. The zero-order chi connectivity index (χ0) is 15.0.